The summed E-state index contributed by atoms with van der Waals surface area (Å²) in [6.45, 7) is 22.2. The van der Waals surface area contributed by atoms with E-state index < -0.39 is 5.60 Å². The average molecular weight is 394 g/mol. The molecule has 1 heterocycles. The molecule has 2 heteroatoms. The summed E-state index contributed by atoms with van der Waals surface area (Å²) in [5.41, 5.74) is 0.106. The normalized spacial score (nSPS) is 28.3. The van der Waals surface area contributed by atoms with E-state index in [1.54, 1.807) is 0 Å². The Morgan fingerprint density at radius 2 is 1.39 bits per heavy atom. The second-order valence-electron chi connectivity index (χ2n) is 13.1. The van der Waals surface area contributed by atoms with Crippen LogP contribution in [0.25, 0.3) is 0 Å². The van der Waals surface area contributed by atoms with Crippen molar-refractivity contribution in [3.8, 4) is 0 Å². The van der Waals surface area contributed by atoms with E-state index in [0.717, 1.165) is 30.1 Å². The van der Waals surface area contributed by atoms with E-state index in [0.29, 0.717) is 5.41 Å². The largest absolute Gasteiger partial charge is 0.390 e. The van der Waals surface area contributed by atoms with Crippen LogP contribution in [0.2, 0.25) is 0 Å². The van der Waals surface area contributed by atoms with Gasteiger partial charge in [-0.05, 0) is 93.4 Å². The maximum Gasteiger partial charge on any atom is 0.0596 e. The molecule has 0 amide bonds. The monoisotopic (exact) mass is 393 g/mol. The standard InChI is InChI=1S/C26H51NO/c1-20(2)23-11-9-21(10-12-23)15-25(5,6)19-27-14-13-22(17-27)16-24(3,4)18-26(7,8)28/h20-23,28H,9-19H2,1-8H3. The smallest absolute Gasteiger partial charge is 0.0596 e. The summed E-state index contributed by atoms with van der Waals surface area (Å²) >= 11 is 0. The molecule has 1 saturated carbocycles. The van der Waals surface area contributed by atoms with E-state index >= 15 is 0 Å². The highest BCUT2D eigenvalue weighted by Gasteiger charge is 2.35. The molecular formula is C26H51NO. The molecule has 0 aromatic carbocycles. The third-order valence-electron chi connectivity index (χ3n) is 7.45. The first-order chi connectivity index (χ1) is 12.7. The highest BCUT2D eigenvalue weighted by molar-refractivity contribution is 4.88. The van der Waals surface area contributed by atoms with Gasteiger partial charge < -0.3 is 10.0 Å². The molecule has 0 radical (unpaired) electrons. The molecule has 1 saturated heterocycles. The van der Waals surface area contributed by atoms with Crippen molar-refractivity contribution in [1.82, 2.24) is 4.90 Å². The quantitative estimate of drug-likeness (QED) is 0.467. The van der Waals surface area contributed by atoms with Gasteiger partial charge in [0.15, 0.2) is 0 Å². The Labute approximate surface area is 176 Å². The summed E-state index contributed by atoms with van der Waals surface area (Å²) in [5.74, 6) is 3.60. The minimum absolute atomic E-state index is 0.226. The SMILES string of the molecule is CC(C)C1CCC(CC(C)(C)CN2CCC(CC(C)(C)CC(C)(C)O)C2)CC1. The van der Waals surface area contributed by atoms with Gasteiger partial charge in [0.2, 0.25) is 0 Å². The lowest BCUT2D eigenvalue weighted by Crippen LogP contribution is -2.35. The van der Waals surface area contributed by atoms with Crippen molar-refractivity contribution in [3.63, 3.8) is 0 Å². The predicted octanol–water partition coefficient (Wildman–Crippen LogP) is 6.76. The average Bonchev–Trinajstić information content (AvgIpc) is 2.89. The molecule has 28 heavy (non-hydrogen) atoms. The maximum atomic E-state index is 10.2. The van der Waals surface area contributed by atoms with Crippen LogP contribution in [0.4, 0.5) is 0 Å². The number of nitrogens with zero attached hydrogens (tertiary/aromatic N) is 1. The van der Waals surface area contributed by atoms with Gasteiger partial charge >= 0.3 is 0 Å². The molecule has 0 bridgehead atoms. The number of hydrogen-bond acceptors (Lipinski definition) is 2. The molecule has 0 aromatic rings. The van der Waals surface area contributed by atoms with Crippen LogP contribution in [0.5, 0.6) is 0 Å². The van der Waals surface area contributed by atoms with Crippen molar-refractivity contribution in [2.45, 2.75) is 112 Å². The fourth-order valence-electron chi connectivity index (χ4n) is 6.76. The number of rotatable bonds is 9. The van der Waals surface area contributed by atoms with Gasteiger partial charge in [-0.3, -0.25) is 0 Å². The minimum Gasteiger partial charge on any atom is -0.390 e. The van der Waals surface area contributed by atoms with Crippen molar-refractivity contribution in [1.29, 1.82) is 0 Å². The van der Waals surface area contributed by atoms with Crippen molar-refractivity contribution in [2.75, 3.05) is 19.6 Å². The van der Waals surface area contributed by atoms with Crippen LogP contribution in [0, 0.1) is 34.5 Å². The molecule has 166 valence electrons. The Kier molecular flexibility index (Phi) is 8.10. The molecule has 1 N–H and O–H groups in total. The molecule has 2 aliphatic rings. The van der Waals surface area contributed by atoms with Crippen molar-refractivity contribution in [3.05, 3.63) is 0 Å². The maximum absolute atomic E-state index is 10.2. The first kappa shape index (κ1) is 24.2. The molecule has 1 atom stereocenters. The molecule has 0 aromatic heterocycles. The highest BCUT2D eigenvalue weighted by atomic mass is 16.3. The third kappa shape index (κ3) is 8.34. The molecular weight excluding hydrogens is 342 g/mol. The van der Waals surface area contributed by atoms with E-state index in [4.69, 9.17) is 0 Å². The third-order valence-corrected chi connectivity index (χ3v) is 7.45. The molecule has 1 aliphatic carbocycles. The minimum atomic E-state index is -0.557. The zero-order chi connectivity index (χ0) is 21.2. The molecule has 1 unspecified atom stereocenters. The molecule has 2 rings (SSSR count). The second-order valence-corrected chi connectivity index (χ2v) is 13.1. The first-order valence-electron chi connectivity index (χ1n) is 12.2. The Morgan fingerprint density at radius 3 is 1.93 bits per heavy atom. The highest BCUT2D eigenvalue weighted by Crippen LogP contribution is 2.41. The van der Waals surface area contributed by atoms with Crippen LogP contribution in [-0.2, 0) is 0 Å². The summed E-state index contributed by atoms with van der Waals surface area (Å²) in [6.07, 6.45) is 10.7. The molecule has 1 aliphatic heterocycles. The molecule has 2 fully saturated rings. The van der Waals surface area contributed by atoms with Crippen LogP contribution in [0.1, 0.15) is 107 Å². The Balaban J connectivity index is 1.76. The fourth-order valence-corrected chi connectivity index (χ4v) is 6.76. The van der Waals surface area contributed by atoms with Crippen LogP contribution in [0.3, 0.4) is 0 Å². The summed E-state index contributed by atoms with van der Waals surface area (Å²) in [7, 11) is 0. The fraction of sp³-hybridized carbons (Fsp3) is 1.00. The lowest BCUT2D eigenvalue weighted by molar-refractivity contribution is 0.0243. The molecule has 2 nitrogen and oxygen atoms in total. The zero-order valence-electron chi connectivity index (χ0n) is 20.5. The molecule has 0 spiro atoms. The van der Waals surface area contributed by atoms with Crippen LogP contribution >= 0.6 is 0 Å². The van der Waals surface area contributed by atoms with E-state index in [9.17, 15) is 5.11 Å². The predicted molar refractivity (Wildman–Crippen MR) is 123 cm³/mol. The summed E-state index contributed by atoms with van der Waals surface area (Å²) in [6, 6.07) is 0. The van der Waals surface area contributed by atoms with Gasteiger partial charge in [0.05, 0.1) is 5.60 Å². The lowest BCUT2D eigenvalue weighted by Gasteiger charge is -2.37. The summed E-state index contributed by atoms with van der Waals surface area (Å²) < 4.78 is 0. The summed E-state index contributed by atoms with van der Waals surface area (Å²) in [5, 5.41) is 10.2. The van der Waals surface area contributed by atoms with E-state index in [1.807, 2.05) is 13.8 Å². The van der Waals surface area contributed by atoms with E-state index in [-0.39, 0.29) is 5.41 Å². The Bertz CT molecular complexity index is 465. The van der Waals surface area contributed by atoms with Crippen molar-refractivity contribution < 1.29 is 5.11 Å². The van der Waals surface area contributed by atoms with Gasteiger partial charge in [-0.1, -0.05) is 54.4 Å². The summed E-state index contributed by atoms with van der Waals surface area (Å²) in [4.78, 5) is 2.74. The van der Waals surface area contributed by atoms with Crippen molar-refractivity contribution >= 4 is 0 Å². The van der Waals surface area contributed by atoms with Crippen LogP contribution < -0.4 is 0 Å². The van der Waals surface area contributed by atoms with E-state index in [2.05, 4.69) is 46.4 Å². The van der Waals surface area contributed by atoms with Gasteiger partial charge in [-0.25, -0.2) is 0 Å². The van der Waals surface area contributed by atoms with Crippen LogP contribution in [-0.4, -0.2) is 35.2 Å². The zero-order valence-corrected chi connectivity index (χ0v) is 20.5. The lowest BCUT2D eigenvalue weighted by atomic mass is 9.71. The Morgan fingerprint density at radius 1 is 0.821 bits per heavy atom. The van der Waals surface area contributed by atoms with Gasteiger partial charge in [0.1, 0.15) is 0 Å². The van der Waals surface area contributed by atoms with Gasteiger partial charge in [0, 0.05) is 13.1 Å². The van der Waals surface area contributed by atoms with Gasteiger partial charge in [0.25, 0.3) is 0 Å². The topological polar surface area (TPSA) is 23.5 Å². The van der Waals surface area contributed by atoms with Crippen LogP contribution in [0.15, 0.2) is 0 Å². The number of likely N-dealkylation sites (tertiary alicyclic amines) is 1. The van der Waals surface area contributed by atoms with Gasteiger partial charge in [-0.15, -0.1) is 0 Å². The number of aliphatic hydroxyl groups is 1. The number of hydrogen-bond donors (Lipinski definition) is 1. The Hall–Kier alpha value is -0.0800. The van der Waals surface area contributed by atoms with E-state index in [1.165, 1.54) is 64.6 Å². The van der Waals surface area contributed by atoms with Gasteiger partial charge in [-0.2, -0.15) is 0 Å². The second kappa shape index (κ2) is 9.38. The van der Waals surface area contributed by atoms with Crippen molar-refractivity contribution in [2.24, 2.45) is 34.5 Å². The first-order valence-corrected chi connectivity index (χ1v) is 12.2.